The summed E-state index contributed by atoms with van der Waals surface area (Å²) >= 11 is 2.18. The number of hydrogen-bond donors (Lipinski definition) is 0. The van der Waals surface area contributed by atoms with Crippen LogP contribution in [0.2, 0.25) is 0 Å². The van der Waals surface area contributed by atoms with Crippen molar-refractivity contribution in [1.29, 1.82) is 10.5 Å². The van der Waals surface area contributed by atoms with Crippen molar-refractivity contribution in [2.45, 2.75) is 0 Å². The summed E-state index contributed by atoms with van der Waals surface area (Å²) in [6.07, 6.45) is 1.57. The predicted octanol–water partition coefficient (Wildman–Crippen LogP) is 2.72. The Bertz CT molecular complexity index is 405. The molecule has 1 aromatic rings. The van der Waals surface area contributed by atoms with E-state index in [1.807, 2.05) is 36.4 Å². The molecule has 0 unspecified atom stereocenters. The predicted molar refractivity (Wildman–Crippen MR) is 58.4 cm³/mol. The lowest BCUT2D eigenvalue weighted by Gasteiger charge is -1.93. The van der Waals surface area contributed by atoms with E-state index in [0.29, 0.717) is 0 Å². The number of hydrogen-bond acceptors (Lipinski definition) is 2. The molecule has 3 heteroatoms. The van der Waals surface area contributed by atoms with Crippen LogP contribution in [-0.2, 0) is 0 Å². The lowest BCUT2D eigenvalue weighted by molar-refractivity contribution is 1.47. The van der Waals surface area contributed by atoms with Crippen LogP contribution in [0.5, 0.6) is 0 Å². The summed E-state index contributed by atoms with van der Waals surface area (Å²) in [6.45, 7) is 0. The van der Waals surface area contributed by atoms with E-state index >= 15 is 0 Å². The van der Waals surface area contributed by atoms with Gasteiger partial charge in [0.25, 0.3) is 0 Å². The smallest absolute Gasteiger partial charge is 0.130 e. The highest BCUT2D eigenvalue weighted by molar-refractivity contribution is 14.1. The van der Waals surface area contributed by atoms with Gasteiger partial charge in [0.15, 0.2) is 0 Å². The zero-order chi connectivity index (χ0) is 9.68. The molecular weight excluding hydrogens is 275 g/mol. The monoisotopic (exact) mass is 280 g/mol. The highest BCUT2D eigenvalue weighted by Crippen LogP contribution is 2.10. The number of nitriles is 2. The van der Waals surface area contributed by atoms with Gasteiger partial charge >= 0.3 is 0 Å². The Morgan fingerprint density at radius 2 is 2.00 bits per heavy atom. The van der Waals surface area contributed by atoms with Crippen molar-refractivity contribution >= 4 is 28.7 Å². The molecule has 0 fully saturated rings. The van der Waals surface area contributed by atoms with E-state index in [4.69, 9.17) is 10.5 Å². The molecule has 1 rings (SSSR count). The molecule has 0 heterocycles. The first-order chi connectivity index (χ1) is 6.26. The fraction of sp³-hybridized carbons (Fsp3) is 0. The largest absolute Gasteiger partial charge is 0.192 e. The van der Waals surface area contributed by atoms with Gasteiger partial charge in [0.05, 0.1) is 0 Å². The number of nitrogens with zero attached hydrogens (tertiary/aromatic N) is 2. The summed E-state index contributed by atoms with van der Waals surface area (Å²) in [7, 11) is 0. The lowest BCUT2D eigenvalue weighted by atomic mass is 10.1. The maximum atomic E-state index is 8.51. The molecule has 0 atom stereocenters. The van der Waals surface area contributed by atoms with Crippen molar-refractivity contribution in [2.75, 3.05) is 0 Å². The Hall–Kier alpha value is -1.33. The third kappa shape index (κ3) is 2.89. The molecule has 0 saturated heterocycles. The van der Waals surface area contributed by atoms with Crippen LogP contribution in [0.15, 0.2) is 29.8 Å². The Morgan fingerprint density at radius 1 is 1.31 bits per heavy atom. The number of rotatable bonds is 1. The van der Waals surface area contributed by atoms with Gasteiger partial charge in [0.1, 0.15) is 17.7 Å². The Morgan fingerprint density at radius 3 is 2.54 bits per heavy atom. The first-order valence-corrected chi connectivity index (χ1v) is 4.61. The SMILES string of the molecule is N#CC(C#N)=Cc1cccc(I)c1. The molecular formula is C10H5IN2. The highest BCUT2D eigenvalue weighted by Gasteiger charge is 1.93. The topological polar surface area (TPSA) is 47.6 Å². The van der Waals surface area contributed by atoms with Gasteiger partial charge < -0.3 is 0 Å². The number of benzene rings is 1. The van der Waals surface area contributed by atoms with Crippen molar-refractivity contribution in [3.63, 3.8) is 0 Å². The summed E-state index contributed by atoms with van der Waals surface area (Å²) in [5.41, 5.74) is 1.01. The maximum Gasteiger partial charge on any atom is 0.130 e. The van der Waals surface area contributed by atoms with Gasteiger partial charge in [0, 0.05) is 3.57 Å². The molecule has 0 bridgehead atoms. The minimum Gasteiger partial charge on any atom is -0.192 e. The standard InChI is InChI=1S/C10H5IN2/c11-10-3-1-2-8(5-10)4-9(6-12)7-13/h1-5H. The highest BCUT2D eigenvalue weighted by atomic mass is 127. The van der Waals surface area contributed by atoms with Gasteiger partial charge in [-0.2, -0.15) is 10.5 Å². The average Bonchev–Trinajstić information content (AvgIpc) is 2.14. The zero-order valence-corrected chi connectivity index (χ0v) is 8.82. The van der Waals surface area contributed by atoms with E-state index < -0.39 is 0 Å². The molecule has 0 aliphatic rings. The Kier molecular flexibility index (Phi) is 3.48. The van der Waals surface area contributed by atoms with E-state index in [2.05, 4.69) is 22.6 Å². The normalized spacial score (nSPS) is 8.23. The molecule has 2 nitrogen and oxygen atoms in total. The van der Waals surface area contributed by atoms with E-state index in [0.717, 1.165) is 9.13 Å². The van der Waals surface area contributed by atoms with E-state index in [-0.39, 0.29) is 5.57 Å². The molecule has 0 saturated carbocycles. The molecule has 0 amide bonds. The Balaban J connectivity index is 3.06. The fourth-order valence-electron chi connectivity index (χ4n) is 0.853. The molecule has 1 aromatic carbocycles. The Labute approximate surface area is 90.2 Å². The summed E-state index contributed by atoms with van der Waals surface area (Å²) in [6, 6.07) is 11.2. The van der Waals surface area contributed by atoms with Crippen LogP contribution in [0.4, 0.5) is 0 Å². The minimum atomic E-state index is 0.127. The van der Waals surface area contributed by atoms with Gasteiger partial charge in [-0.25, -0.2) is 0 Å². The second-order valence-corrected chi connectivity index (χ2v) is 3.58. The molecule has 0 spiro atoms. The third-order valence-electron chi connectivity index (χ3n) is 1.40. The summed E-state index contributed by atoms with van der Waals surface area (Å²) in [4.78, 5) is 0. The zero-order valence-electron chi connectivity index (χ0n) is 6.66. The van der Waals surface area contributed by atoms with Crippen molar-refractivity contribution in [2.24, 2.45) is 0 Å². The van der Waals surface area contributed by atoms with Gasteiger partial charge in [0.2, 0.25) is 0 Å². The fourth-order valence-corrected chi connectivity index (χ4v) is 1.42. The van der Waals surface area contributed by atoms with Crippen LogP contribution in [-0.4, -0.2) is 0 Å². The van der Waals surface area contributed by atoms with Crippen LogP contribution in [0.25, 0.3) is 6.08 Å². The van der Waals surface area contributed by atoms with Crippen molar-refractivity contribution in [1.82, 2.24) is 0 Å². The summed E-state index contributed by atoms with van der Waals surface area (Å²) < 4.78 is 1.08. The average molecular weight is 280 g/mol. The molecule has 0 radical (unpaired) electrons. The molecule has 0 aliphatic heterocycles. The number of allylic oxidation sites excluding steroid dienone is 1. The maximum absolute atomic E-state index is 8.51. The number of halogens is 1. The quantitative estimate of drug-likeness (QED) is 0.586. The second kappa shape index (κ2) is 4.64. The van der Waals surface area contributed by atoms with E-state index in [1.165, 1.54) is 0 Å². The molecule has 13 heavy (non-hydrogen) atoms. The molecule has 0 aromatic heterocycles. The lowest BCUT2D eigenvalue weighted by Crippen LogP contribution is -1.77. The molecule has 0 N–H and O–H groups in total. The van der Waals surface area contributed by atoms with Crippen LogP contribution in [0.3, 0.4) is 0 Å². The third-order valence-corrected chi connectivity index (χ3v) is 2.07. The van der Waals surface area contributed by atoms with Crippen LogP contribution in [0, 0.1) is 26.2 Å². The van der Waals surface area contributed by atoms with Gasteiger partial charge in [-0.15, -0.1) is 0 Å². The van der Waals surface area contributed by atoms with Crippen molar-refractivity contribution in [3.05, 3.63) is 39.0 Å². The van der Waals surface area contributed by atoms with E-state index in [9.17, 15) is 0 Å². The van der Waals surface area contributed by atoms with Crippen molar-refractivity contribution < 1.29 is 0 Å². The first kappa shape index (κ1) is 9.76. The van der Waals surface area contributed by atoms with Crippen LogP contribution < -0.4 is 0 Å². The van der Waals surface area contributed by atoms with E-state index in [1.54, 1.807) is 6.08 Å². The summed E-state index contributed by atoms with van der Waals surface area (Å²) in [5.74, 6) is 0. The van der Waals surface area contributed by atoms with Gasteiger partial charge in [-0.1, -0.05) is 12.1 Å². The molecule has 62 valence electrons. The van der Waals surface area contributed by atoms with Crippen LogP contribution in [0.1, 0.15) is 5.56 Å². The van der Waals surface area contributed by atoms with Gasteiger partial charge in [-0.3, -0.25) is 0 Å². The summed E-state index contributed by atoms with van der Waals surface area (Å²) in [5, 5.41) is 17.0. The van der Waals surface area contributed by atoms with Crippen LogP contribution >= 0.6 is 22.6 Å². The first-order valence-electron chi connectivity index (χ1n) is 3.53. The second-order valence-electron chi connectivity index (χ2n) is 2.34. The molecule has 0 aliphatic carbocycles. The minimum absolute atomic E-state index is 0.127. The van der Waals surface area contributed by atoms with Crippen molar-refractivity contribution in [3.8, 4) is 12.1 Å². The van der Waals surface area contributed by atoms with Gasteiger partial charge in [-0.05, 0) is 46.4 Å².